The predicted octanol–water partition coefficient (Wildman–Crippen LogP) is -2.73. The minimum Gasteiger partial charge on any atom is -0.452 e. The number of aliphatic hydroxyl groups excluding tert-OH is 19. The van der Waals surface area contributed by atoms with Crippen molar-refractivity contribution < 1.29 is 207 Å². The number of allylic oxidation sites excluding steroid dienone is 4. The van der Waals surface area contributed by atoms with E-state index < -0.39 is 336 Å². The molecule has 0 radical (unpaired) electrons. The van der Waals surface area contributed by atoms with Gasteiger partial charge in [0.25, 0.3) is 0 Å². The van der Waals surface area contributed by atoms with E-state index in [4.69, 9.17) is 85.3 Å². The van der Waals surface area contributed by atoms with Gasteiger partial charge in [-0.2, -0.15) is 0 Å². The second-order valence-electron chi connectivity index (χ2n) is 42.5. The Bertz CT molecular complexity index is 4150. The molecule has 8 heterocycles. The molecular weight excluding hydrogens is 1800 g/mol. The van der Waals surface area contributed by atoms with E-state index >= 15 is 4.79 Å². The van der Waals surface area contributed by atoms with Crippen molar-refractivity contribution in [2.45, 2.75) is 412 Å². The van der Waals surface area contributed by atoms with Crippen LogP contribution in [0.2, 0.25) is 0 Å². The lowest BCUT2D eigenvalue weighted by atomic mass is 9.33. The molecule has 21 N–H and O–H groups in total. The number of aliphatic hydroxyl groups is 21. The van der Waals surface area contributed by atoms with E-state index in [2.05, 4.69) is 67.7 Å². The number of carbonyl (C=O) groups excluding carboxylic acids is 3. The Morgan fingerprint density at radius 3 is 1.51 bits per heavy atom. The normalized spacial score (nSPS) is 48.0. The summed E-state index contributed by atoms with van der Waals surface area (Å²) < 4.78 is 110. The minimum atomic E-state index is -2.22. The third kappa shape index (κ3) is 22.0. The van der Waals surface area contributed by atoms with Crippen LogP contribution in [0.25, 0.3) is 0 Å². The summed E-state index contributed by atoms with van der Waals surface area (Å²) in [6, 6.07) is 0. The van der Waals surface area contributed by atoms with Crippen LogP contribution in [0.15, 0.2) is 60.3 Å². The van der Waals surface area contributed by atoms with Crippen LogP contribution in [0.4, 0.5) is 0 Å². The van der Waals surface area contributed by atoms with Crippen LogP contribution >= 0.6 is 0 Å². The van der Waals surface area contributed by atoms with Crippen molar-refractivity contribution in [1.29, 1.82) is 0 Å². The second kappa shape index (κ2) is 43.1. The summed E-state index contributed by atoms with van der Waals surface area (Å²) in [5, 5.41) is 234. The van der Waals surface area contributed by atoms with E-state index in [9.17, 15) is 117 Å². The average molecular weight is 1950 g/mol. The van der Waals surface area contributed by atoms with E-state index in [0.29, 0.717) is 51.4 Å². The maximum atomic E-state index is 16.6. The van der Waals surface area contributed by atoms with Crippen LogP contribution in [0.5, 0.6) is 0 Å². The van der Waals surface area contributed by atoms with Crippen molar-refractivity contribution in [2.75, 3.05) is 46.2 Å². The highest BCUT2D eigenvalue weighted by molar-refractivity contribution is 5.89. The SMILES string of the molecule is C=C[C@@](C)(O)CC/C=C(\C)C(=O)O[C@H]1[C@H](OC[C@H]2O[C@@H](OC(=O)[C@]34CCC(C)(C)C[C@H]3C3=CC[C@@H]5[C@@]6(C)CC[C@H](O[C@@H]7O[C@H](CO[C@@H]8OC[C@H](O)[C@H](O)[C@H]8O)[C@@H](O)[C@H](O)[C@H]7O[C@@H]7OC[C@@H](O)[C@H](O)[C@H]7O)C(C)(C)[C@@H]6CC[C@@]5(C)[C@]3(C)CC4)[C@H](O[C@@H]3O[C@@H](C)[C@H](O[C@@H]4OC[C@@H](O)[C@H](O[C@@H]5OC[C@@H](O)[C@H](O)[C@H]5O)[C@H]4O)[C@@H](O)[C@H]3O)[C@@H](O)[C@@H]2O)O[C@@H](C)[C@H](O)[C@H]1OC(=O)/C(=C/CC[C@](C)(O)C=C)CO. The first kappa shape index (κ1) is 109. The van der Waals surface area contributed by atoms with Gasteiger partial charge in [-0.3, -0.25) is 4.79 Å². The Hall–Kier alpha value is -4.33. The van der Waals surface area contributed by atoms with E-state index in [1.807, 2.05) is 0 Å². The van der Waals surface area contributed by atoms with Gasteiger partial charge in [-0.1, -0.05) is 84.4 Å². The fourth-order valence-corrected chi connectivity index (χ4v) is 23.3. The van der Waals surface area contributed by atoms with Gasteiger partial charge in [0.1, 0.15) is 140 Å². The first-order valence-electron chi connectivity index (χ1n) is 47.6. The first-order chi connectivity index (χ1) is 63.7. The molecule has 12 fully saturated rings. The summed E-state index contributed by atoms with van der Waals surface area (Å²) in [7, 11) is 0. The summed E-state index contributed by atoms with van der Waals surface area (Å²) >= 11 is 0. The molecule has 8 saturated heterocycles. The van der Waals surface area contributed by atoms with Gasteiger partial charge in [0.15, 0.2) is 62.3 Å². The fraction of sp³-hybridized carbons (Fsp3) is 0.862. The van der Waals surface area contributed by atoms with Gasteiger partial charge in [0.2, 0.25) is 6.29 Å². The molecule has 46 atom stereocenters. The lowest BCUT2D eigenvalue weighted by Crippen LogP contribution is -2.67. The Morgan fingerprint density at radius 1 is 0.456 bits per heavy atom. The predicted molar refractivity (Wildman–Crippen MR) is 463 cm³/mol. The second-order valence-corrected chi connectivity index (χ2v) is 42.5. The molecule has 13 rings (SSSR count). The Kier molecular flexibility index (Phi) is 34.6. The number of rotatable bonds is 31. The zero-order valence-electron chi connectivity index (χ0n) is 79.2. The fourth-order valence-electron chi connectivity index (χ4n) is 23.3. The van der Waals surface area contributed by atoms with Gasteiger partial charge in [-0.25, -0.2) is 9.59 Å². The van der Waals surface area contributed by atoms with Gasteiger partial charge in [0, 0.05) is 5.57 Å². The monoisotopic (exact) mass is 1950 g/mol. The van der Waals surface area contributed by atoms with Crippen molar-refractivity contribution in [3.05, 3.63) is 60.3 Å². The average Bonchev–Trinajstić information content (AvgIpc) is 0.672. The number of esters is 3. The van der Waals surface area contributed by atoms with Gasteiger partial charge in [0.05, 0.1) is 86.8 Å². The molecule has 0 aromatic heterocycles. The highest BCUT2D eigenvalue weighted by atomic mass is 16.8. The Labute approximate surface area is 789 Å². The van der Waals surface area contributed by atoms with Crippen molar-refractivity contribution in [3.63, 3.8) is 0 Å². The van der Waals surface area contributed by atoms with Gasteiger partial charge < -0.3 is 193 Å². The van der Waals surface area contributed by atoms with Gasteiger partial charge in [-0.15, -0.1) is 13.2 Å². The number of fused-ring (bicyclic) bond motifs is 7. The Balaban J connectivity index is 0.781. The van der Waals surface area contributed by atoms with Crippen LogP contribution in [0.1, 0.15) is 173 Å². The number of ether oxygens (including phenoxy) is 18. The Morgan fingerprint density at radius 2 is 0.934 bits per heavy atom. The van der Waals surface area contributed by atoms with E-state index in [-0.39, 0.29) is 66.9 Å². The number of hydrogen-bond acceptors (Lipinski definition) is 42. The highest BCUT2D eigenvalue weighted by Crippen LogP contribution is 2.76. The molecule has 0 amide bonds. The molecular formula is C94H148O42. The molecule has 0 unspecified atom stereocenters. The van der Waals surface area contributed by atoms with Crippen LogP contribution in [0.3, 0.4) is 0 Å². The first-order valence-corrected chi connectivity index (χ1v) is 47.6. The molecule has 5 aliphatic carbocycles. The highest BCUT2D eigenvalue weighted by Gasteiger charge is 2.71. The van der Waals surface area contributed by atoms with Gasteiger partial charge >= 0.3 is 17.9 Å². The van der Waals surface area contributed by atoms with Crippen molar-refractivity contribution >= 4 is 17.9 Å². The van der Waals surface area contributed by atoms with E-state index in [1.165, 1.54) is 58.9 Å². The molecule has 0 bridgehead atoms. The lowest BCUT2D eigenvalue weighted by molar-refractivity contribution is -0.381. The van der Waals surface area contributed by atoms with Gasteiger partial charge in [-0.05, 0) is 169 Å². The molecule has 8 aliphatic heterocycles. The molecule has 42 nitrogen and oxygen atoms in total. The van der Waals surface area contributed by atoms with Crippen LogP contribution < -0.4 is 0 Å². The lowest BCUT2D eigenvalue weighted by Gasteiger charge is -2.71. The van der Waals surface area contributed by atoms with Crippen LogP contribution in [-0.2, 0) is 99.6 Å². The molecule has 0 aromatic carbocycles. The maximum Gasteiger partial charge on any atom is 0.336 e. The summed E-state index contributed by atoms with van der Waals surface area (Å²) in [6.45, 7) is 25.6. The number of carbonyl (C=O) groups is 3. The number of hydrogen-bond donors (Lipinski definition) is 21. The minimum absolute atomic E-state index is 0.00109. The van der Waals surface area contributed by atoms with Crippen molar-refractivity contribution in [1.82, 2.24) is 0 Å². The molecule has 13 aliphatic rings. The molecule has 42 heteroatoms. The molecule has 0 aromatic rings. The maximum absolute atomic E-state index is 16.6. The van der Waals surface area contributed by atoms with Crippen LogP contribution in [-0.4, -0.2) is 410 Å². The third-order valence-corrected chi connectivity index (χ3v) is 32.4. The zero-order chi connectivity index (χ0) is 99.7. The summed E-state index contributed by atoms with van der Waals surface area (Å²) in [6.07, 6.45) is -50.9. The van der Waals surface area contributed by atoms with E-state index in [0.717, 1.165) is 5.57 Å². The largest absolute Gasteiger partial charge is 0.452 e. The third-order valence-electron chi connectivity index (χ3n) is 32.4. The summed E-state index contributed by atoms with van der Waals surface area (Å²) in [4.78, 5) is 45.1. The molecule has 776 valence electrons. The van der Waals surface area contributed by atoms with E-state index in [1.54, 1.807) is 0 Å². The standard InChI is InChI=1S/C94H148O42/c1-15-89(10,117)25-17-19-41(3)76(114)131-75-72(130-77(115)44(34-95)20-18-26-90(11,118)16-2)56(100)42(4)125-83(75)124-40-52-61(105)63(107)74(135-82-68(112)64(108)70(43(5)126-82)132-81-69(113)71(50(99)38-122-81)133-79-66(110)58(102)48(97)36-120-79)85(128-52)136-86(116)94-31-29-87(6,7)33-46(94)45-21-22-54-91(12)27-24-55(88(8,9)53(91)23-28-93(54,14)92(45,13)30-32-94)129-84-73(134-80-67(111)59(103)49(98)37-121-80)62(106)60(104)51(127-84)39-123-78-65(109)57(101)47(96)35-119-78/h15-16,19-21,42-43,46-75,78-85,95-113,117-118H,1-2,17-18,22-40H2,3-14H3/b41-19+,44-20+/t42-,43-,46-,47-,48+,49+,50+,51+,52+,53-,54+,55-,56-,57-,58-,59-,60+,61+,62-,63-,64-,65+,66+,67+,68+,69+,70-,71-,72+,73+,74+,75+,78-,79-,80-,81-,82-,83+,84-,85-,89+,90+,91-,92+,93+,94-/m0/s1. The smallest absolute Gasteiger partial charge is 0.336 e. The van der Waals surface area contributed by atoms with Crippen molar-refractivity contribution in [2.24, 2.45) is 50.2 Å². The molecule has 0 spiro atoms. The quantitative estimate of drug-likeness (QED) is 0.0110. The zero-order valence-corrected chi connectivity index (χ0v) is 79.2. The molecule has 136 heavy (non-hydrogen) atoms. The topological polar surface area (TPSA) is 642 Å². The van der Waals surface area contributed by atoms with Crippen LogP contribution in [0, 0.1) is 50.2 Å². The summed E-state index contributed by atoms with van der Waals surface area (Å²) in [5.74, 6) is -3.62. The summed E-state index contributed by atoms with van der Waals surface area (Å²) in [5.41, 5.74) is -5.91. The molecule has 4 saturated carbocycles. The van der Waals surface area contributed by atoms with Crippen molar-refractivity contribution in [3.8, 4) is 0 Å².